The molecule has 0 radical (unpaired) electrons. The molecule has 0 bridgehead atoms. The van der Waals surface area contributed by atoms with Gasteiger partial charge in [-0.1, -0.05) is 35.3 Å². The van der Waals surface area contributed by atoms with Gasteiger partial charge in [0.2, 0.25) is 0 Å². The number of benzene rings is 1. The van der Waals surface area contributed by atoms with E-state index in [9.17, 15) is 2.96 Å². The van der Waals surface area contributed by atoms with Gasteiger partial charge in [0.1, 0.15) is 0 Å². The van der Waals surface area contributed by atoms with Crippen LogP contribution >= 0.6 is 40.2 Å². The standard InChI is InChI=1S/C6H3Cl2.BrH.FH.Mg/c7-5-2-1-3-6(8)4-5;;;/h2-4H;2*1H;/q;;;+1/p-1. The molecule has 0 aliphatic rings. The Balaban J connectivity index is 0.000001000. The molecule has 0 aromatic heterocycles. The van der Waals surface area contributed by atoms with Crippen molar-refractivity contribution in [1.29, 1.82) is 0 Å². The quantitative estimate of drug-likeness (QED) is 0.688. The van der Waals surface area contributed by atoms with E-state index in [1.54, 1.807) is 18.2 Å². The first-order chi connectivity index (χ1) is 4.72. The van der Waals surface area contributed by atoms with Crippen molar-refractivity contribution in [3.05, 3.63) is 28.2 Å². The number of rotatable bonds is 1. The van der Waals surface area contributed by atoms with Crippen LogP contribution in [-0.4, -0.2) is 20.9 Å². The summed E-state index contributed by atoms with van der Waals surface area (Å²) in [6.45, 7) is 0. The zero-order valence-corrected chi connectivity index (χ0v) is 10.1. The first-order valence-electron chi connectivity index (χ1n) is 2.73. The van der Waals surface area contributed by atoms with E-state index in [0.29, 0.717) is 13.7 Å². The predicted octanol–water partition coefficient (Wildman–Crippen LogP) is 2.79. The van der Waals surface area contributed by atoms with Gasteiger partial charge in [-0.2, -0.15) is 0 Å². The van der Waals surface area contributed by atoms with E-state index in [0.717, 1.165) is 0 Å². The average molecular weight is 270 g/mol. The van der Waals surface area contributed by atoms with Gasteiger partial charge in [-0.3, -0.25) is 0 Å². The van der Waals surface area contributed by atoms with Crippen LogP contribution in [0.2, 0.25) is 10.0 Å². The summed E-state index contributed by atoms with van der Waals surface area (Å²) in [7, 11) is 0. The lowest BCUT2D eigenvalue weighted by Crippen LogP contribution is -2.08. The minimum atomic E-state index is -1.62. The van der Waals surface area contributed by atoms with E-state index in [1.165, 1.54) is 0 Å². The van der Waals surface area contributed by atoms with E-state index in [2.05, 4.69) is 0 Å². The molecule has 0 atom stereocenters. The summed E-state index contributed by atoms with van der Waals surface area (Å²) in [5.74, 6) is 0. The molecule has 1 aromatic rings. The molecule has 0 unspecified atom stereocenters. The molecule has 0 nitrogen and oxygen atoms in total. The maximum Gasteiger partial charge on any atom is 0.652 e. The number of halogens is 4. The lowest BCUT2D eigenvalue weighted by molar-refractivity contribution is 0.885. The van der Waals surface area contributed by atoms with Crippen LogP contribution in [-0.2, 0) is 0 Å². The van der Waals surface area contributed by atoms with Crippen LogP contribution in [0, 0.1) is 0 Å². The minimum absolute atomic E-state index is 0. The van der Waals surface area contributed by atoms with Gasteiger partial charge in [0.15, 0.2) is 0 Å². The molecule has 0 aliphatic carbocycles. The Hall–Kier alpha value is 0.976. The van der Waals surface area contributed by atoms with Crippen molar-refractivity contribution in [2.75, 3.05) is 0 Å². The second kappa shape index (κ2) is 5.59. The third-order valence-corrected chi connectivity index (χ3v) is 2.23. The molecule has 0 saturated heterocycles. The maximum atomic E-state index is 12.1. The van der Waals surface area contributed by atoms with Crippen molar-refractivity contribution in [3.8, 4) is 0 Å². The molecule has 1 aromatic carbocycles. The van der Waals surface area contributed by atoms with Crippen LogP contribution in [0.25, 0.3) is 0 Å². The summed E-state index contributed by atoms with van der Waals surface area (Å²) in [5.41, 5.74) is 0. The number of hydrogen-bond donors (Lipinski definition) is 0. The van der Waals surface area contributed by atoms with Crippen molar-refractivity contribution in [2.45, 2.75) is 0 Å². The van der Waals surface area contributed by atoms with E-state index in [-0.39, 0.29) is 17.0 Å². The van der Waals surface area contributed by atoms with Crippen molar-refractivity contribution < 1.29 is 2.96 Å². The molecule has 0 saturated carbocycles. The third kappa shape index (κ3) is 3.94. The fourth-order valence-corrected chi connectivity index (χ4v) is 2.11. The molecular weight excluding hydrogens is 266 g/mol. The monoisotopic (exact) mass is 268 g/mol. The summed E-state index contributed by atoms with van der Waals surface area (Å²) < 4.78 is 12.8. The predicted molar refractivity (Wildman–Crippen MR) is 53.3 cm³/mol. The van der Waals surface area contributed by atoms with Gasteiger partial charge in [-0.15, -0.1) is 20.7 Å². The molecule has 1 rings (SSSR count). The number of hydrogen-bond acceptors (Lipinski definition) is 0. The zero-order chi connectivity index (χ0) is 7.56. The van der Waals surface area contributed by atoms with Crippen LogP contribution in [0.3, 0.4) is 0 Å². The molecule has 58 valence electrons. The first-order valence-corrected chi connectivity index (χ1v) is 4.73. The molecule has 0 fully saturated rings. The van der Waals surface area contributed by atoms with Gasteiger partial charge >= 0.3 is 20.9 Å². The topological polar surface area (TPSA) is 0 Å². The SMILES string of the molecule is Br.[F][Mg][c]1cc(Cl)cc(Cl)c1. The maximum absolute atomic E-state index is 12.1. The van der Waals surface area contributed by atoms with Crippen LogP contribution in [0.1, 0.15) is 0 Å². The average Bonchev–Trinajstić information content (AvgIpc) is 1.85. The van der Waals surface area contributed by atoms with E-state index in [1.807, 2.05) is 0 Å². The Morgan fingerprint density at radius 1 is 1.09 bits per heavy atom. The molecule has 0 heterocycles. The zero-order valence-electron chi connectivity index (χ0n) is 5.48. The molecule has 0 amide bonds. The minimum Gasteiger partial charge on any atom is -0.475 e. The first kappa shape index (κ1) is 12.0. The van der Waals surface area contributed by atoms with Crippen molar-refractivity contribution in [3.63, 3.8) is 0 Å². The summed E-state index contributed by atoms with van der Waals surface area (Å²) >= 11 is 9.58. The normalized spacial score (nSPS) is 8.27. The third-order valence-electron chi connectivity index (χ3n) is 1.08. The molecular formula is C6H4BrCl2FMg. The lowest BCUT2D eigenvalue weighted by Gasteiger charge is -1.95. The van der Waals surface area contributed by atoms with Crippen LogP contribution in [0.4, 0.5) is 2.96 Å². The van der Waals surface area contributed by atoms with E-state index >= 15 is 0 Å². The Morgan fingerprint density at radius 2 is 1.55 bits per heavy atom. The van der Waals surface area contributed by atoms with E-state index in [4.69, 9.17) is 23.2 Å². The van der Waals surface area contributed by atoms with Gasteiger partial charge in [-0.25, -0.2) is 0 Å². The van der Waals surface area contributed by atoms with Gasteiger partial charge < -0.3 is 2.96 Å². The summed E-state index contributed by atoms with van der Waals surface area (Å²) in [4.78, 5) is 0. The van der Waals surface area contributed by atoms with Crippen molar-refractivity contribution in [2.24, 2.45) is 0 Å². The second-order valence-corrected chi connectivity index (χ2v) is 3.87. The van der Waals surface area contributed by atoms with Gasteiger partial charge in [0.05, 0.1) is 0 Å². The summed E-state index contributed by atoms with van der Waals surface area (Å²) in [6.07, 6.45) is 0. The highest BCUT2D eigenvalue weighted by Gasteiger charge is 2.01. The van der Waals surface area contributed by atoms with Crippen LogP contribution in [0.5, 0.6) is 0 Å². The fraction of sp³-hybridized carbons (Fsp3) is 0. The summed E-state index contributed by atoms with van der Waals surface area (Å²) in [5, 5.41) is 1.01. The van der Waals surface area contributed by atoms with Crippen LogP contribution < -0.4 is 3.69 Å². The van der Waals surface area contributed by atoms with Crippen molar-refractivity contribution in [1.82, 2.24) is 0 Å². The Kier molecular flexibility index (Phi) is 6.09. The summed E-state index contributed by atoms with van der Waals surface area (Å²) in [6, 6.07) is 4.82. The van der Waals surface area contributed by atoms with Crippen molar-refractivity contribution >= 4 is 64.8 Å². The molecule has 5 heteroatoms. The Bertz CT molecular complexity index is 224. The Morgan fingerprint density at radius 3 is 1.91 bits per heavy atom. The van der Waals surface area contributed by atoms with Gasteiger partial charge in [-0.05, 0) is 6.07 Å². The largest absolute Gasteiger partial charge is 0.652 e. The second-order valence-electron chi connectivity index (χ2n) is 1.91. The van der Waals surface area contributed by atoms with E-state index < -0.39 is 20.9 Å². The highest BCUT2D eigenvalue weighted by molar-refractivity contribution is 8.93. The molecule has 0 spiro atoms. The molecule has 0 N–H and O–H groups in total. The van der Waals surface area contributed by atoms with Crippen LogP contribution in [0.15, 0.2) is 18.2 Å². The smallest absolute Gasteiger partial charge is 0.475 e. The Labute approximate surface area is 95.3 Å². The highest BCUT2D eigenvalue weighted by Crippen LogP contribution is 2.13. The highest BCUT2D eigenvalue weighted by atomic mass is 79.9. The fourth-order valence-electron chi connectivity index (χ4n) is 0.688. The molecule has 0 aliphatic heterocycles. The molecule has 11 heavy (non-hydrogen) atoms. The lowest BCUT2D eigenvalue weighted by atomic mass is 10.4. The van der Waals surface area contributed by atoms with Gasteiger partial charge in [0.25, 0.3) is 0 Å². The van der Waals surface area contributed by atoms with Gasteiger partial charge in [0, 0.05) is 10.0 Å².